The SMILES string of the molecule is CCN1CCC(CNC(=NC)N2CCN(Cc3cc(OC)c(OC)c(OC)c3)CC2)C1. The monoisotopic (exact) mass is 433 g/mol. The lowest BCUT2D eigenvalue weighted by atomic mass is 10.1. The summed E-state index contributed by atoms with van der Waals surface area (Å²) in [6, 6.07) is 4.07. The van der Waals surface area contributed by atoms with Crippen LogP contribution >= 0.6 is 0 Å². The summed E-state index contributed by atoms with van der Waals surface area (Å²) in [7, 11) is 6.83. The molecule has 1 N–H and O–H groups in total. The standard InChI is InChI=1S/C23H39N5O3/c1-6-26-8-7-18(16-26)15-25-23(24-2)28-11-9-27(10-12-28)17-19-13-20(29-3)22(31-5)21(14-19)30-4/h13-14,18H,6-12,15-17H2,1-5H3,(H,24,25). The maximum absolute atomic E-state index is 5.50. The fourth-order valence-electron chi connectivity index (χ4n) is 4.54. The maximum atomic E-state index is 5.50. The smallest absolute Gasteiger partial charge is 0.203 e. The predicted octanol–water partition coefficient (Wildman–Crippen LogP) is 1.75. The Hall–Kier alpha value is -2.19. The van der Waals surface area contributed by atoms with E-state index < -0.39 is 0 Å². The van der Waals surface area contributed by atoms with Gasteiger partial charge in [0, 0.05) is 52.9 Å². The van der Waals surface area contributed by atoms with Crippen molar-refractivity contribution in [3.8, 4) is 17.2 Å². The van der Waals surface area contributed by atoms with Crippen molar-refractivity contribution in [2.24, 2.45) is 10.9 Å². The third-order valence-electron chi connectivity index (χ3n) is 6.38. The molecule has 2 saturated heterocycles. The first-order valence-corrected chi connectivity index (χ1v) is 11.3. The van der Waals surface area contributed by atoms with Crippen LogP contribution in [0.3, 0.4) is 0 Å². The Morgan fingerprint density at radius 1 is 1.00 bits per heavy atom. The van der Waals surface area contributed by atoms with Gasteiger partial charge in [0.2, 0.25) is 5.75 Å². The number of methoxy groups -OCH3 is 3. The minimum atomic E-state index is 0.637. The molecule has 1 unspecified atom stereocenters. The number of benzene rings is 1. The lowest BCUT2D eigenvalue weighted by Gasteiger charge is -2.36. The molecule has 0 spiro atoms. The molecule has 0 amide bonds. The highest BCUT2D eigenvalue weighted by Crippen LogP contribution is 2.38. The molecular formula is C23H39N5O3. The molecule has 8 heteroatoms. The number of guanidine groups is 1. The van der Waals surface area contributed by atoms with Gasteiger partial charge in [-0.3, -0.25) is 9.89 Å². The van der Waals surface area contributed by atoms with E-state index in [-0.39, 0.29) is 0 Å². The van der Waals surface area contributed by atoms with E-state index >= 15 is 0 Å². The summed E-state index contributed by atoms with van der Waals surface area (Å²) in [6.07, 6.45) is 1.28. The summed E-state index contributed by atoms with van der Waals surface area (Å²) in [5, 5.41) is 3.62. The Balaban J connectivity index is 1.51. The first kappa shape index (κ1) is 23.5. The second-order valence-corrected chi connectivity index (χ2v) is 8.27. The number of nitrogens with zero attached hydrogens (tertiary/aromatic N) is 4. The maximum Gasteiger partial charge on any atom is 0.203 e. The molecule has 2 heterocycles. The van der Waals surface area contributed by atoms with Crippen LogP contribution in [0, 0.1) is 5.92 Å². The topological polar surface area (TPSA) is 61.8 Å². The summed E-state index contributed by atoms with van der Waals surface area (Å²) >= 11 is 0. The van der Waals surface area contributed by atoms with E-state index in [0.29, 0.717) is 17.2 Å². The molecule has 2 aliphatic heterocycles. The normalized spacial score (nSPS) is 20.7. The molecule has 0 bridgehead atoms. The van der Waals surface area contributed by atoms with E-state index in [9.17, 15) is 0 Å². The van der Waals surface area contributed by atoms with Crippen LogP contribution in [0.1, 0.15) is 18.9 Å². The summed E-state index contributed by atoms with van der Waals surface area (Å²) in [6.45, 7) is 11.6. The Kier molecular flexibility index (Phi) is 8.66. The van der Waals surface area contributed by atoms with Crippen LogP contribution in [-0.2, 0) is 6.54 Å². The zero-order chi connectivity index (χ0) is 22.2. The van der Waals surface area contributed by atoms with Crippen molar-refractivity contribution in [3.05, 3.63) is 17.7 Å². The van der Waals surface area contributed by atoms with Gasteiger partial charge in [-0.15, -0.1) is 0 Å². The molecule has 1 aromatic carbocycles. The van der Waals surface area contributed by atoms with Crippen LogP contribution in [0.2, 0.25) is 0 Å². The number of hydrogen-bond donors (Lipinski definition) is 1. The van der Waals surface area contributed by atoms with Crippen LogP contribution in [0.5, 0.6) is 17.2 Å². The number of aliphatic imine (C=N–C) groups is 1. The van der Waals surface area contributed by atoms with Gasteiger partial charge in [-0.1, -0.05) is 6.92 Å². The van der Waals surface area contributed by atoms with Crippen LogP contribution < -0.4 is 19.5 Å². The number of hydrogen-bond acceptors (Lipinski definition) is 6. The summed E-state index contributed by atoms with van der Waals surface area (Å²) in [4.78, 5) is 11.9. The summed E-state index contributed by atoms with van der Waals surface area (Å²) in [5.41, 5.74) is 1.16. The van der Waals surface area contributed by atoms with Gasteiger partial charge in [-0.05, 0) is 43.1 Å². The van der Waals surface area contributed by atoms with Crippen LogP contribution in [0.25, 0.3) is 0 Å². The molecule has 0 saturated carbocycles. The third-order valence-corrected chi connectivity index (χ3v) is 6.38. The van der Waals surface area contributed by atoms with Crippen molar-refractivity contribution in [2.45, 2.75) is 19.9 Å². The first-order chi connectivity index (χ1) is 15.1. The fourth-order valence-corrected chi connectivity index (χ4v) is 4.54. The van der Waals surface area contributed by atoms with Crippen molar-refractivity contribution in [1.29, 1.82) is 0 Å². The average molecular weight is 434 g/mol. The molecule has 0 aromatic heterocycles. The van der Waals surface area contributed by atoms with Gasteiger partial charge in [-0.25, -0.2) is 0 Å². The molecule has 8 nitrogen and oxygen atoms in total. The Morgan fingerprint density at radius 2 is 1.68 bits per heavy atom. The highest BCUT2D eigenvalue weighted by molar-refractivity contribution is 5.80. The van der Waals surface area contributed by atoms with E-state index in [4.69, 9.17) is 14.2 Å². The fraction of sp³-hybridized carbons (Fsp3) is 0.696. The molecular weight excluding hydrogens is 394 g/mol. The van der Waals surface area contributed by atoms with E-state index in [0.717, 1.165) is 63.3 Å². The highest BCUT2D eigenvalue weighted by Gasteiger charge is 2.24. The van der Waals surface area contributed by atoms with Gasteiger partial charge < -0.3 is 29.3 Å². The van der Waals surface area contributed by atoms with Crippen molar-refractivity contribution < 1.29 is 14.2 Å². The molecule has 0 radical (unpaired) electrons. The number of nitrogens with one attached hydrogen (secondary N) is 1. The minimum absolute atomic E-state index is 0.637. The van der Waals surface area contributed by atoms with Crippen molar-refractivity contribution in [2.75, 3.05) is 80.7 Å². The predicted molar refractivity (Wildman–Crippen MR) is 125 cm³/mol. The lowest BCUT2D eigenvalue weighted by Crippen LogP contribution is -2.52. The van der Waals surface area contributed by atoms with Crippen molar-refractivity contribution in [3.63, 3.8) is 0 Å². The largest absolute Gasteiger partial charge is 0.493 e. The van der Waals surface area contributed by atoms with Gasteiger partial charge in [0.1, 0.15) is 0 Å². The molecule has 2 fully saturated rings. The molecule has 0 aliphatic carbocycles. The molecule has 3 rings (SSSR count). The highest BCUT2D eigenvalue weighted by atomic mass is 16.5. The van der Waals surface area contributed by atoms with E-state index in [2.05, 4.69) is 31.9 Å². The second kappa shape index (κ2) is 11.4. The second-order valence-electron chi connectivity index (χ2n) is 8.27. The van der Waals surface area contributed by atoms with Gasteiger partial charge in [0.05, 0.1) is 21.3 Å². The molecule has 1 atom stereocenters. The van der Waals surface area contributed by atoms with Crippen LogP contribution in [0.4, 0.5) is 0 Å². The van der Waals surface area contributed by atoms with Crippen molar-refractivity contribution >= 4 is 5.96 Å². The van der Waals surface area contributed by atoms with Gasteiger partial charge in [-0.2, -0.15) is 0 Å². The summed E-state index contributed by atoms with van der Waals surface area (Å²) in [5.74, 6) is 3.79. The van der Waals surface area contributed by atoms with E-state index in [1.165, 1.54) is 19.5 Å². The number of rotatable bonds is 8. The van der Waals surface area contributed by atoms with E-state index in [1.807, 2.05) is 19.2 Å². The van der Waals surface area contributed by atoms with Gasteiger partial charge in [0.15, 0.2) is 17.5 Å². The summed E-state index contributed by atoms with van der Waals surface area (Å²) < 4.78 is 16.4. The Bertz CT molecular complexity index is 709. The van der Waals surface area contributed by atoms with Gasteiger partial charge >= 0.3 is 0 Å². The first-order valence-electron chi connectivity index (χ1n) is 11.3. The van der Waals surface area contributed by atoms with Crippen molar-refractivity contribution in [1.82, 2.24) is 20.0 Å². The number of likely N-dealkylation sites (tertiary alicyclic amines) is 1. The number of ether oxygens (including phenoxy) is 3. The lowest BCUT2D eigenvalue weighted by molar-refractivity contribution is 0.172. The Labute approximate surface area is 187 Å². The Morgan fingerprint density at radius 3 is 2.19 bits per heavy atom. The number of piperazine rings is 1. The van der Waals surface area contributed by atoms with Gasteiger partial charge in [0.25, 0.3) is 0 Å². The molecule has 2 aliphatic rings. The average Bonchev–Trinajstić information content (AvgIpc) is 3.27. The van der Waals surface area contributed by atoms with Crippen LogP contribution in [-0.4, -0.2) is 101 Å². The molecule has 174 valence electrons. The van der Waals surface area contributed by atoms with E-state index in [1.54, 1.807) is 21.3 Å². The zero-order valence-corrected chi connectivity index (χ0v) is 19.8. The zero-order valence-electron chi connectivity index (χ0n) is 19.8. The third kappa shape index (κ3) is 5.95. The molecule has 1 aromatic rings. The quantitative estimate of drug-likeness (QED) is 0.495. The minimum Gasteiger partial charge on any atom is -0.493 e. The van der Waals surface area contributed by atoms with Crippen LogP contribution in [0.15, 0.2) is 17.1 Å². The molecule has 31 heavy (non-hydrogen) atoms.